The molecule has 0 aliphatic rings. The lowest BCUT2D eigenvalue weighted by Gasteiger charge is -2.15. The summed E-state index contributed by atoms with van der Waals surface area (Å²) in [5, 5.41) is 9.97. The lowest BCUT2D eigenvalue weighted by atomic mass is 9.99. The van der Waals surface area contributed by atoms with Crippen molar-refractivity contribution >= 4 is 5.82 Å². The number of anilines is 1. The van der Waals surface area contributed by atoms with Gasteiger partial charge in [-0.25, -0.2) is 9.37 Å². The number of nitrogen functional groups attached to an aromatic ring is 1. The summed E-state index contributed by atoms with van der Waals surface area (Å²) in [6.45, 7) is 0. The number of pyridine rings is 1. The van der Waals surface area contributed by atoms with Crippen molar-refractivity contribution in [1.29, 1.82) is 0 Å². The second-order valence-corrected chi connectivity index (χ2v) is 4.54. The van der Waals surface area contributed by atoms with Crippen LogP contribution in [0.3, 0.4) is 0 Å². The molecule has 0 spiro atoms. The maximum atomic E-state index is 13.6. The maximum Gasteiger partial charge on any atom is 0.416 e. The first kappa shape index (κ1) is 15.2. The summed E-state index contributed by atoms with van der Waals surface area (Å²) in [6, 6.07) is 4.96. The summed E-state index contributed by atoms with van der Waals surface area (Å²) in [4.78, 5) is 3.76. The van der Waals surface area contributed by atoms with E-state index in [-0.39, 0.29) is 12.2 Å². The Balaban J connectivity index is 2.28. The van der Waals surface area contributed by atoms with Crippen LogP contribution in [0.15, 0.2) is 36.5 Å². The first-order valence-corrected chi connectivity index (χ1v) is 6.02. The minimum atomic E-state index is -4.59. The second-order valence-electron chi connectivity index (χ2n) is 4.54. The highest BCUT2D eigenvalue weighted by molar-refractivity contribution is 5.34. The Morgan fingerprint density at radius 3 is 2.52 bits per heavy atom. The number of rotatable bonds is 3. The van der Waals surface area contributed by atoms with Gasteiger partial charge in [-0.2, -0.15) is 13.2 Å². The van der Waals surface area contributed by atoms with Crippen LogP contribution in [0.1, 0.15) is 22.8 Å². The molecule has 21 heavy (non-hydrogen) atoms. The molecule has 0 aliphatic heterocycles. The third-order valence-corrected chi connectivity index (χ3v) is 2.96. The Bertz CT molecular complexity index is 643. The van der Waals surface area contributed by atoms with Gasteiger partial charge in [0.2, 0.25) is 0 Å². The Hall–Kier alpha value is -2.15. The molecule has 0 amide bonds. The zero-order valence-corrected chi connectivity index (χ0v) is 10.7. The number of aromatic nitrogens is 1. The molecule has 0 fully saturated rings. The fourth-order valence-corrected chi connectivity index (χ4v) is 1.93. The van der Waals surface area contributed by atoms with Gasteiger partial charge in [0.05, 0.1) is 11.7 Å². The van der Waals surface area contributed by atoms with Gasteiger partial charge < -0.3 is 10.8 Å². The maximum absolute atomic E-state index is 13.6. The molecule has 3 N–H and O–H groups in total. The summed E-state index contributed by atoms with van der Waals surface area (Å²) in [5.74, 6) is -0.679. The highest BCUT2D eigenvalue weighted by atomic mass is 19.4. The van der Waals surface area contributed by atoms with Gasteiger partial charge in [0.1, 0.15) is 11.6 Å². The molecule has 0 aliphatic carbocycles. The fourth-order valence-electron chi connectivity index (χ4n) is 1.93. The normalized spacial score (nSPS) is 13.2. The van der Waals surface area contributed by atoms with Crippen LogP contribution < -0.4 is 5.73 Å². The van der Waals surface area contributed by atoms with Crippen LogP contribution in [0.4, 0.5) is 23.4 Å². The summed E-state index contributed by atoms with van der Waals surface area (Å²) in [5.41, 5.74) is 4.61. The molecule has 1 aromatic heterocycles. The van der Waals surface area contributed by atoms with E-state index >= 15 is 0 Å². The minimum absolute atomic E-state index is 0.0645. The molecule has 0 bridgehead atoms. The molecule has 0 radical (unpaired) electrons. The van der Waals surface area contributed by atoms with Crippen molar-refractivity contribution in [3.8, 4) is 0 Å². The van der Waals surface area contributed by atoms with Crippen molar-refractivity contribution < 1.29 is 22.7 Å². The number of aliphatic hydroxyl groups excluding tert-OH is 1. The molecule has 112 valence electrons. The molecule has 1 unspecified atom stereocenters. The van der Waals surface area contributed by atoms with Crippen molar-refractivity contribution in [2.24, 2.45) is 0 Å². The second kappa shape index (κ2) is 5.69. The molecule has 0 saturated carbocycles. The van der Waals surface area contributed by atoms with E-state index in [0.717, 1.165) is 0 Å². The largest absolute Gasteiger partial charge is 0.416 e. The van der Waals surface area contributed by atoms with Crippen molar-refractivity contribution in [3.63, 3.8) is 0 Å². The number of halogens is 4. The predicted octanol–water partition coefficient (Wildman–Crippen LogP) is 3.10. The van der Waals surface area contributed by atoms with Gasteiger partial charge in [0.15, 0.2) is 0 Å². The summed E-state index contributed by atoms with van der Waals surface area (Å²) >= 11 is 0. The van der Waals surface area contributed by atoms with Gasteiger partial charge in [0.25, 0.3) is 0 Å². The standard InChI is InChI=1S/C14H12F4N2O/c15-11-2-1-9(14(16,17)18)7-10(11)12(21)5-8-3-4-20-13(19)6-8/h1-4,6-7,12,21H,5H2,(H2,19,20). The van der Waals surface area contributed by atoms with Crippen LogP contribution in [0.25, 0.3) is 0 Å². The Morgan fingerprint density at radius 2 is 1.90 bits per heavy atom. The number of hydrogen-bond donors (Lipinski definition) is 2. The van der Waals surface area contributed by atoms with Gasteiger partial charge in [-0.15, -0.1) is 0 Å². The van der Waals surface area contributed by atoms with Crippen molar-refractivity contribution in [1.82, 2.24) is 4.98 Å². The first-order chi connectivity index (χ1) is 9.77. The third-order valence-electron chi connectivity index (χ3n) is 2.96. The molecule has 1 atom stereocenters. The van der Waals surface area contributed by atoms with E-state index in [1.807, 2.05) is 0 Å². The number of nitrogens with two attached hydrogens (primary N) is 1. The molecule has 2 rings (SSSR count). The van der Waals surface area contributed by atoms with Crippen LogP contribution in [-0.2, 0) is 12.6 Å². The lowest BCUT2D eigenvalue weighted by molar-refractivity contribution is -0.137. The quantitative estimate of drug-likeness (QED) is 0.856. The summed E-state index contributed by atoms with van der Waals surface area (Å²) < 4.78 is 51.5. The van der Waals surface area contributed by atoms with E-state index < -0.39 is 29.2 Å². The van der Waals surface area contributed by atoms with Gasteiger partial charge in [-0.3, -0.25) is 0 Å². The highest BCUT2D eigenvalue weighted by Gasteiger charge is 2.31. The predicted molar refractivity (Wildman–Crippen MR) is 68.7 cm³/mol. The lowest BCUT2D eigenvalue weighted by Crippen LogP contribution is -2.10. The summed E-state index contributed by atoms with van der Waals surface area (Å²) in [6.07, 6.45) is -4.66. The monoisotopic (exact) mass is 300 g/mol. The van der Waals surface area contributed by atoms with Gasteiger partial charge in [-0.1, -0.05) is 0 Å². The van der Waals surface area contributed by atoms with Crippen LogP contribution in [0, 0.1) is 5.82 Å². The molecular formula is C14H12F4N2O. The van der Waals surface area contributed by atoms with Gasteiger partial charge in [-0.05, 0) is 35.9 Å². The first-order valence-electron chi connectivity index (χ1n) is 6.02. The Morgan fingerprint density at radius 1 is 1.19 bits per heavy atom. The Kier molecular flexibility index (Phi) is 4.13. The van der Waals surface area contributed by atoms with E-state index in [2.05, 4.69) is 4.98 Å². The number of nitrogens with zero attached hydrogens (tertiary/aromatic N) is 1. The van der Waals surface area contributed by atoms with E-state index in [1.165, 1.54) is 12.3 Å². The molecule has 1 heterocycles. The topological polar surface area (TPSA) is 59.1 Å². The smallest absolute Gasteiger partial charge is 0.388 e. The fraction of sp³-hybridized carbons (Fsp3) is 0.214. The van der Waals surface area contributed by atoms with E-state index in [0.29, 0.717) is 23.8 Å². The van der Waals surface area contributed by atoms with Crippen molar-refractivity contribution in [3.05, 3.63) is 59.0 Å². The zero-order valence-electron chi connectivity index (χ0n) is 10.7. The van der Waals surface area contributed by atoms with E-state index in [1.54, 1.807) is 6.07 Å². The molecule has 7 heteroatoms. The van der Waals surface area contributed by atoms with E-state index in [9.17, 15) is 22.7 Å². The average Bonchev–Trinajstić information content (AvgIpc) is 2.37. The third kappa shape index (κ3) is 3.69. The molecular weight excluding hydrogens is 288 g/mol. The SMILES string of the molecule is Nc1cc(CC(O)c2cc(C(F)(F)F)ccc2F)ccn1. The summed E-state index contributed by atoms with van der Waals surface area (Å²) in [7, 11) is 0. The number of benzene rings is 1. The molecule has 1 aromatic carbocycles. The van der Waals surface area contributed by atoms with Crippen LogP contribution >= 0.6 is 0 Å². The van der Waals surface area contributed by atoms with E-state index in [4.69, 9.17) is 5.73 Å². The van der Waals surface area contributed by atoms with Gasteiger partial charge in [0, 0.05) is 18.2 Å². The Labute approximate surface area is 118 Å². The average molecular weight is 300 g/mol. The van der Waals surface area contributed by atoms with Gasteiger partial charge >= 0.3 is 6.18 Å². The van der Waals surface area contributed by atoms with Crippen molar-refractivity contribution in [2.45, 2.75) is 18.7 Å². The van der Waals surface area contributed by atoms with Crippen LogP contribution in [0.5, 0.6) is 0 Å². The minimum Gasteiger partial charge on any atom is -0.388 e. The molecule has 0 saturated heterocycles. The highest BCUT2D eigenvalue weighted by Crippen LogP contribution is 2.32. The van der Waals surface area contributed by atoms with Crippen molar-refractivity contribution in [2.75, 3.05) is 5.73 Å². The zero-order chi connectivity index (χ0) is 15.6. The van der Waals surface area contributed by atoms with Crippen LogP contribution in [0.2, 0.25) is 0 Å². The molecule has 2 aromatic rings. The number of alkyl halides is 3. The molecule has 3 nitrogen and oxygen atoms in total. The van der Waals surface area contributed by atoms with Crippen LogP contribution in [-0.4, -0.2) is 10.1 Å². The number of hydrogen-bond acceptors (Lipinski definition) is 3. The number of aliphatic hydroxyl groups is 1.